The number of anilines is 1. The minimum Gasteiger partial charge on any atom is -0.439 e. The molecule has 4 aromatic rings. The molecule has 0 aliphatic rings. The Kier molecular flexibility index (Phi) is 6.10. The Balaban J connectivity index is 1.41. The number of carbonyl (C=O) groups excluding carboxylic acids is 1. The fourth-order valence-electron chi connectivity index (χ4n) is 2.88. The molecule has 0 spiro atoms. The van der Waals surface area contributed by atoms with Crippen molar-refractivity contribution in [3.05, 3.63) is 102 Å². The molecule has 0 saturated heterocycles. The maximum atomic E-state index is 12.2. The van der Waals surface area contributed by atoms with E-state index in [4.69, 9.17) is 16.3 Å². The summed E-state index contributed by atoms with van der Waals surface area (Å²) in [5.74, 6) is 2.12. The molecule has 0 radical (unpaired) electrons. The number of nitrogens with zero attached hydrogens (tertiary/aromatic N) is 3. The SMILES string of the molecule is Cc1nc(Oc2ccc(NC(=O)/C=C/c3ccccc3Cl)cc2)cc(-n2cccc2)n1. The summed E-state index contributed by atoms with van der Waals surface area (Å²) in [6.07, 6.45) is 6.93. The maximum absolute atomic E-state index is 12.2. The second kappa shape index (κ2) is 9.28. The molecule has 0 aliphatic heterocycles. The minimum atomic E-state index is -0.253. The van der Waals surface area contributed by atoms with Crippen LogP contribution in [0.5, 0.6) is 11.6 Å². The molecule has 154 valence electrons. The molecule has 0 bridgehead atoms. The fourth-order valence-corrected chi connectivity index (χ4v) is 3.08. The molecule has 0 atom stereocenters. The summed E-state index contributed by atoms with van der Waals surface area (Å²) in [4.78, 5) is 20.9. The van der Waals surface area contributed by atoms with E-state index in [0.717, 1.165) is 11.4 Å². The van der Waals surface area contributed by atoms with Crippen molar-refractivity contribution in [2.75, 3.05) is 5.32 Å². The number of carbonyl (C=O) groups is 1. The third-order valence-electron chi connectivity index (χ3n) is 4.33. The van der Waals surface area contributed by atoms with Crippen LogP contribution in [0.25, 0.3) is 11.9 Å². The molecule has 2 heterocycles. The quantitative estimate of drug-likeness (QED) is 0.400. The van der Waals surface area contributed by atoms with Gasteiger partial charge in [-0.1, -0.05) is 29.8 Å². The lowest BCUT2D eigenvalue weighted by Crippen LogP contribution is -2.07. The molecule has 2 aromatic heterocycles. The van der Waals surface area contributed by atoms with Gasteiger partial charge in [0.2, 0.25) is 11.8 Å². The van der Waals surface area contributed by atoms with Gasteiger partial charge in [-0.05, 0) is 61.0 Å². The van der Waals surface area contributed by atoms with Gasteiger partial charge in [-0.25, -0.2) is 4.98 Å². The largest absolute Gasteiger partial charge is 0.439 e. The predicted octanol–water partition coefficient (Wildman–Crippen LogP) is 5.67. The minimum absolute atomic E-state index is 0.253. The van der Waals surface area contributed by atoms with Gasteiger partial charge in [0.05, 0.1) is 0 Å². The first-order chi connectivity index (χ1) is 15.1. The zero-order chi connectivity index (χ0) is 21.6. The summed E-state index contributed by atoms with van der Waals surface area (Å²) in [6.45, 7) is 1.81. The number of hydrogen-bond donors (Lipinski definition) is 1. The molecule has 6 nitrogen and oxygen atoms in total. The van der Waals surface area contributed by atoms with E-state index in [-0.39, 0.29) is 5.91 Å². The number of hydrogen-bond acceptors (Lipinski definition) is 4. The van der Waals surface area contributed by atoms with Crippen LogP contribution in [0.3, 0.4) is 0 Å². The molecule has 2 aromatic carbocycles. The Bertz CT molecular complexity index is 1220. The number of aryl methyl sites for hydroxylation is 1. The molecule has 0 unspecified atom stereocenters. The van der Waals surface area contributed by atoms with Crippen LogP contribution in [0.4, 0.5) is 5.69 Å². The van der Waals surface area contributed by atoms with Crippen molar-refractivity contribution in [1.29, 1.82) is 0 Å². The molecule has 31 heavy (non-hydrogen) atoms. The van der Waals surface area contributed by atoms with Crippen molar-refractivity contribution < 1.29 is 9.53 Å². The molecular weight excluding hydrogens is 412 g/mol. The lowest BCUT2D eigenvalue weighted by molar-refractivity contribution is -0.111. The summed E-state index contributed by atoms with van der Waals surface area (Å²) >= 11 is 6.09. The Hall–Kier alpha value is -3.90. The number of aromatic nitrogens is 3. The summed E-state index contributed by atoms with van der Waals surface area (Å²) in [5, 5.41) is 3.40. The Morgan fingerprint density at radius 2 is 1.77 bits per heavy atom. The highest BCUT2D eigenvalue weighted by Gasteiger charge is 2.06. The third kappa shape index (κ3) is 5.38. The van der Waals surface area contributed by atoms with Gasteiger partial charge in [0.15, 0.2) is 0 Å². The van der Waals surface area contributed by atoms with Crippen LogP contribution in [0, 0.1) is 6.92 Å². The van der Waals surface area contributed by atoms with Crippen LogP contribution >= 0.6 is 11.6 Å². The standard InChI is InChI=1S/C24H19ClN4O2/c1-17-26-22(29-14-4-5-15-29)16-24(27-17)31-20-11-9-19(10-12-20)28-23(30)13-8-18-6-2-3-7-21(18)25/h2-16H,1H3,(H,28,30)/b13-8+. The number of ether oxygens (including phenoxy) is 1. The zero-order valence-electron chi connectivity index (χ0n) is 16.7. The average Bonchev–Trinajstić information content (AvgIpc) is 3.29. The van der Waals surface area contributed by atoms with E-state index < -0.39 is 0 Å². The van der Waals surface area contributed by atoms with Gasteiger partial charge in [0, 0.05) is 35.2 Å². The van der Waals surface area contributed by atoms with E-state index >= 15 is 0 Å². The van der Waals surface area contributed by atoms with Crippen LogP contribution in [-0.2, 0) is 4.79 Å². The van der Waals surface area contributed by atoms with E-state index in [2.05, 4.69) is 15.3 Å². The molecule has 4 rings (SSSR count). The Morgan fingerprint density at radius 1 is 1.03 bits per heavy atom. The maximum Gasteiger partial charge on any atom is 0.248 e. The third-order valence-corrected chi connectivity index (χ3v) is 4.68. The van der Waals surface area contributed by atoms with Gasteiger partial charge in [-0.2, -0.15) is 4.98 Å². The van der Waals surface area contributed by atoms with Crippen molar-refractivity contribution in [2.24, 2.45) is 0 Å². The highest BCUT2D eigenvalue weighted by Crippen LogP contribution is 2.23. The summed E-state index contributed by atoms with van der Waals surface area (Å²) in [7, 11) is 0. The van der Waals surface area contributed by atoms with Crippen LogP contribution in [0.2, 0.25) is 5.02 Å². The first kappa shape index (κ1) is 20.4. The molecule has 0 saturated carbocycles. The van der Waals surface area contributed by atoms with Gasteiger partial charge in [-0.15, -0.1) is 0 Å². The van der Waals surface area contributed by atoms with Gasteiger partial charge >= 0.3 is 0 Å². The van der Waals surface area contributed by atoms with Gasteiger partial charge in [0.1, 0.15) is 17.4 Å². The monoisotopic (exact) mass is 430 g/mol. The van der Waals surface area contributed by atoms with Crippen molar-refractivity contribution >= 4 is 29.3 Å². The highest BCUT2D eigenvalue weighted by atomic mass is 35.5. The first-order valence-electron chi connectivity index (χ1n) is 9.57. The zero-order valence-corrected chi connectivity index (χ0v) is 17.5. The number of halogens is 1. The molecular formula is C24H19ClN4O2. The lowest BCUT2D eigenvalue weighted by atomic mass is 10.2. The molecule has 7 heteroatoms. The molecule has 1 amide bonds. The molecule has 0 aliphatic carbocycles. The number of rotatable bonds is 6. The normalized spacial score (nSPS) is 10.9. The summed E-state index contributed by atoms with van der Waals surface area (Å²) in [5.41, 5.74) is 1.43. The molecule has 1 N–H and O–H groups in total. The Morgan fingerprint density at radius 3 is 2.52 bits per heavy atom. The predicted molar refractivity (Wildman–Crippen MR) is 122 cm³/mol. The smallest absolute Gasteiger partial charge is 0.248 e. The van der Waals surface area contributed by atoms with Crippen molar-refractivity contribution in [2.45, 2.75) is 6.92 Å². The lowest BCUT2D eigenvalue weighted by Gasteiger charge is -2.09. The van der Waals surface area contributed by atoms with Gasteiger partial charge in [0.25, 0.3) is 0 Å². The van der Waals surface area contributed by atoms with Crippen molar-refractivity contribution in [3.63, 3.8) is 0 Å². The number of nitrogens with one attached hydrogen (secondary N) is 1. The number of amides is 1. The summed E-state index contributed by atoms with van der Waals surface area (Å²) in [6, 6.07) is 20.0. The second-order valence-corrected chi connectivity index (χ2v) is 7.08. The molecule has 0 fully saturated rings. The van der Waals surface area contributed by atoms with Crippen molar-refractivity contribution in [1.82, 2.24) is 14.5 Å². The highest BCUT2D eigenvalue weighted by molar-refractivity contribution is 6.32. The van der Waals surface area contributed by atoms with E-state index in [0.29, 0.717) is 28.2 Å². The summed E-state index contributed by atoms with van der Waals surface area (Å²) < 4.78 is 7.76. The van der Waals surface area contributed by atoms with Gasteiger partial charge < -0.3 is 14.6 Å². The van der Waals surface area contributed by atoms with E-state index in [9.17, 15) is 4.79 Å². The van der Waals surface area contributed by atoms with Crippen LogP contribution in [0.15, 0.2) is 85.2 Å². The first-order valence-corrected chi connectivity index (χ1v) is 9.95. The van der Waals surface area contributed by atoms with Crippen LogP contribution in [0.1, 0.15) is 11.4 Å². The number of benzene rings is 2. The van der Waals surface area contributed by atoms with Gasteiger partial charge in [-0.3, -0.25) is 4.79 Å². The topological polar surface area (TPSA) is 69.0 Å². The second-order valence-electron chi connectivity index (χ2n) is 6.67. The Labute approximate surface area is 184 Å². The van der Waals surface area contributed by atoms with Crippen molar-refractivity contribution in [3.8, 4) is 17.4 Å². The van der Waals surface area contributed by atoms with Crippen LogP contribution < -0.4 is 10.1 Å². The van der Waals surface area contributed by atoms with E-state index in [1.54, 1.807) is 42.5 Å². The average molecular weight is 431 g/mol. The van der Waals surface area contributed by atoms with Crippen LogP contribution in [-0.4, -0.2) is 20.4 Å². The van der Waals surface area contributed by atoms with E-state index in [1.807, 2.05) is 54.2 Å². The van der Waals surface area contributed by atoms with E-state index in [1.165, 1.54) is 6.08 Å². The fraction of sp³-hybridized carbons (Fsp3) is 0.0417.